The van der Waals surface area contributed by atoms with Crippen LogP contribution in [-0.4, -0.2) is 45.2 Å². The molecule has 174 valence electrons. The third kappa shape index (κ3) is 4.48. The molecule has 0 spiro atoms. The number of carbonyl (C=O) groups excluding carboxylic acids is 2. The quantitative estimate of drug-likeness (QED) is 0.404. The summed E-state index contributed by atoms with van der Waals surface area (Å²) in [6.45, 7) is 9.15. The monoisotopic (exact) mass is 451 g/mol. The molecular formula is C25H29N3O5. The van der Waals surface area contributed by atoms with Crippen molar-refractivity contribution >= 4 is 22.8 Å². The fourth-order valence-electron chi connectivity index (χ4n) is 4.39. The van der Waals surface area contributed by atoms with Crippen LogP contribution in [0.3, 0.4) is 0 Å². The van der Waals surface area contributed by atoms with Crippen molar-refractivity contribution in [2.75, 3.05) is 13.2 Å². The molecule has 4 heterocycles. The topological polar surface area (TPSA) is 92.4 Å². The van der Waals surface area contributed by atoms with Gasteiger partial charge in [-0.05, 0) is 58.7 Å². The molecule has 1 aliphatic heterocycles. The van der Waals surface area contributed by atoms with Gasteiger partial charge in [-0.15, -0.1) is 0 Å². The SMILES string of the molecule is CCn1cc(C(=O)OCC(=O)c2cc(C)n(C[C@H]3CCCO3)c2C)c(=O)c2ccc(C)nc21. The Hall–Kier alpha value is -3.26. The van der Waals surface area contributed by atoms with Gasteiger partial charge in [0.1, 0.15) is 11.2 Å². The van der Waals surface area contributed by atoms with Gasteiger partial charge in [0.05, 0.1) is 11.5 Å². The van der Waals surface area contributed by atoms with Crippen LogP contribution in [0.2, 0.25) is 0 Å². The minimum atomic E-state index is -0.814. The minimum Gasteiger partial charge on any atom is -0.454 e. The number of ketones is 1. The normalized spacial score (nSPS) is 15.8. The lowest BCUT2D eigenvalue weighted by atomic mass is 10.1. The van der Waals surface area contributed by atoms with Crippen LogP contribution in [0.5, 0.6) is 0 Å². The maximum Gasteiger partial charge on any atom is 0.344 e. The number of carbonyl (C=O) groups is 2. The summed E-state index contributed by atoms with van der Waals surface area (Å²) in [5.41, 5.74) is 3.05. The molecule has 0 aromatic carbocycles. The van der Waals surface area contributed by atoms with Crippen LogP contribution < -0.4 is 5.43 Å². The minimum absolute atomic E-state index is 0.105. The van der Waals surface area contributed by atoms with Crippen molar-refractivity contribution in [2.24, 2.45) is 0 Å². The maximum absolute atomic E-state index is 12.9. The lowest BCUT2D eigenvalue weighted by Gasteiger charge is -2.14. The third-order valence-electron chi connectivity index (χ3n) is 6.24. The highest BCUT2D eigenvalue weighted by Gasteiger charge is 2.23. The molecule has 0 amide bonds. The van der Waals surface area contributed by atoms with E-state index in [1.165, 1.54) is 6.20 Å². The summed E-state index contributed by atoms with van der Waals surface area (Å²) in [5, 5.41) is 0.348. The predicted octanol–water partition coefficient (Wildman–Crippen LogP) is 3.36. The molecule has 33 heavy (non-hydrogen) atoms. The number of pyridine rings is 2. The summed E-state index contributed by atoms with van der Waals surface area (Å²) in [6, 6.07) is 5.21. The van der Waals surface area contributed by atoms with Gasteiger partial charge in [0.15, 0.2) is 6.61 Å². The van der Waals surface area contributed by atoms with E-state index in [0.29, 0.717) is 29.7 Å². The van der Waals surface area contributed by atoms with E-state index in [4.69, 9.17) is 9.47 Å². The van der Waals surface area contributed by atoms with Crippen molar-refractivity contribution < 1.29 is 19.1 Å². The molecule has 0 saturated carbocycles. The molecule has 3 aromatic heterocycles. The Morgan fingerprint density at radius 1 is 1.21 bits per heavy atom. The summed E-state index contributed by atoms with van der Waals surface area (Å²) < 4.78 is 14.8. The van der Waals surface area contributed by atoms with E-state index in [9.17, 15) is 14.4 Å². The smallest absolute Gasteiger partial charge is 0.344 e. The summed E-state index contributed by atoms with van der Waals surface area (Å²) in [5.74, 6) is -1.12. The van der Waals surface area contributed by atoms with Crippen LogP contribution >= 0.6 is 0 Å². The van der Waals surface area contributed by atoms with Gasteiger partial charge < -0.3 is 18.6 Å². The van der Waals surface area contributed by atoms with Crippen molar-refractivity contribution in [1.29, 1.82) is 0 Å². The van der Waals surface area contributed by atoms with Crippen LogP contribution in [0.15, 0.2) is 29.2 Å². The van der Waals surface area contributed by atoms with Gasteiger partial charge in [0, 0.05) is 48.5 Å². The Balaban J connectivity index is 1.52. The predicted molar refractivity (Wildman–Crippen MR) is 124 cm³/mol. The molecule has 1 atom stereocenters. The second-order valence-electron chi connectivity index (χ2n) is 8.51. The molecule has 3 aromatic rings. The summed E-state index contributed by atoms with van der Waals surface area (Å²) in [4.78, 5) is 42.9. The van der Waals surface area contributed by atoms with Crippen LogP contribution in [0, 0.1) is 20.8 Å². The lowest BCUT2D eigenvalue weighted by Crippen LogP contribution is -2.23. The first kappa shape index (κ1) is 22.9. The first-order chi connectivity index (χ1) is 15.8. The van der Waals surface area contributed by atoms with Gasteiger partial charge in [-0.25, -0.2) is 9.78 Å². The van der Waals surface area contributed by atoms with Crippen molar-refractivity contribution in [2.45, 2.75) is 59.7 Å². The Morgan fingerprint density at radius 3 is 2.70 bits per heavy atom. The van der Waals surface area contributed by atoms with E-state index >= 15 is 0 Å². The van der Waals surface area contributed by atoms with E-state index < -0.39 is 18.0 Å². The van der Waals surface area contributed by atoms with Gasteiger partial charge in [-0.1, -0.05) is 0 Å². The molecule has 1 saturated heterocycles. The molecule has 0 N–H and O–H groups in total. The number of fused-ring (bicyclic) bond motifs is 1. The molecule has 8 heteroatoms. The molecule has 0 radical (unpaired) electrons. The summed E-state index contributed by atoms with van der Waals surface area (Å²) >= 11 is 0. The largest absolute Gasteiger partial charge is 0.454 e. The second kappa shape index (κ2) is 9.31. The average molecular weight is 452 g/mol. The zero-order chi connectivity index (χ0) is 23.7. The van der Waals surface area contributed by atoms with E-state index in [2.05, 4.69) is 9.55 Å². The lowest BCUT2D eigenvalue weighted by molar-refractivity contribution is 0.0472. The van der Waals surface area contributed by atoms with Crippen molar-refractivity contribution in [3.8, 4) is 0 Å². The molecular weight excluding hydrogens is 422 g/mol. The number of aromatic nitrogens is 3. The van der Waals surface area contributed by atoms with E-state index in [1.807, 2.05) is 33.8 Å². The number of Topliss-reactive ketones (excluding diaryl/α,β-unsaturated/α-hetero) is 1. The van der Waals surface area contributed by atoms with Crippen molar-refractivity contribution in [3.63, 3.8) is 0 Å². The summed E-state index contributed by atoms with van der Waals surface area (Å²) in [6.07, 6.45) is 3.67. The zero-order valence-corrected chi connectivity index (χ0v) is 19.5. The van der Waals surface area contributed by atoms with Gasteiger partial charge in [0.2, 0.25) is 11.2 Å². The van der Waals surface area contributed by atoms with Gasteiger partial charge in [-0.3, -0.25) is 9.59 Å². The molecule has 0 unspecified atom stereocenters. The number of ether oxygens (including phenoxy) is 2. The number of aryl methyl sites for hydroxylation is 3. The van der Waals surface area contributed by atoms with E-state index in [1.54, 1.807) is 16.7 Å². The third-order valence-corrected chi connectivity index (χ3v) is 6.24. The van der Waals surface area contributed by atoms with E-state index in [0.717, 1.165) is 36.5 Å². The van der Waals surface area contributed by atoms with Crippen molar-refractivity contribution in [1.82, 2.24) is 14.1 Å². The number of nitrogens with zero attached hydrogens (tertiary/aromatic N) is 3. The Labute approximate surface area is 192 Å². The summed E-state index contributed by atoms with van der Waals surface area (Å²) in [7, 11) is 0. The Kier molecular flexibility index (Phi) is 6.47. The fraction of sp³-hybridized carbons (Fsp3) is 0.440. The average Bonchev–Trinajstić information content (AvgIpc) is 3.41. The Morgan fingerprint density at radius 2 is 2.00 bits per heavy atom. The molecule has 8 nitrogen and oxygen atoms in total. The van der Waals surface area contributed by atoms with Crippen LogP contribution in [0.4, 0.5) is 0 Å². The first-order valence-electron chi connectivity index (χ1n) is 11.3. The molecule has 1 fully saturated rings. The van der Waals surface area contributed by atoms with Crippen LogP contribution in [0.25, 0.3) is 11.0 Å². The van der Waals surface area contributed by atoms with Gasteiger partial charge in [-0.2, -0.15) is 0 Å². The molecule has 0 aliphatic carbocycles. The van der Waals surface area contributed by atoms with Gasteiger partial charge >= 0.3 is 5.97 Å². The number of rotatable bonds is 7. The Bertz CT molecular complexity index is 1280. The van der Waals surface area contributed by atoms with Gasteiger partial charge in [0.25, 0.3) is 0 Å². The maximum atomic E-state index is 12.9. The fourth-order valence-corrected chi connectivity index (χ4v) is 4.39. The zero-order valence-electron chi connectivity index (χ0n) is 19.5. The number of hydrogen-bond acceptors (Lipinski definition) is 6. The van der Waals surface area contributed by atoms with Crippen molar-refractivity contribution in [3.05, 3.63) is 62.8 Å². The number of hydrogen-bond donors (Lipinski definition) is 0. The highest BCUT2D eigenvalue weighted by molar-refractivity contribution is 6.01. The second-order valence-corrected chi connectivity index (χ2v) is 8.51. The van der Waals surface area contributed by atoms with Crippen LogP contribution in [-0.2, 0) is 22.6 Å². The number of esters is 1. The molecule has 1 aliphatic rings. The highest BCUT2D eigenvalue weighted by Crippen LogP contribution is 2.21. The van der Waals surface area contributed by atoms with Crippen LogP contribution in [0.1, 0.15) is 57.6 Å². The molecule has 0 bridgehead atoms. The highest BCUT2D eigenvalue weighted by atomic mass is 16.5. The first-order valence-corrected chi connectivity index (χ1v) is 11.3. The molecule has 4 rings (SSSR count). The van der Waals surface area contributed by atoms with E-state index in [-0.39, 0.29) is 17.5 Å². The standard InChI is InChI=1S/C25H29N3O5/c1-5-27-13-21(23(30)19-9-8-15(2)26-24(19)27)25(31)33-14-22(29)20-11-16(3)28(17(20)4)12-18-7-6-10-32-18/h8-9,11,13,18H,5-7,10,12,14H2,1-4H3/t18-/m1/s1.